The first kappa shape index (κ1) is 14.0. The van der Waals surface area contributed by atoms with E-state index >= 15 is 0 Å². The zero-order valence-corrected chi connectivity index (χ0v) is 10.9. The van der Waals surface area contributed by atoms with Gasteiger partial charge in [-0.05, 0) is 43.0 Å². The Bertz CT molecular complexity index is 415. The summed E-state index contributed by atoms with van der Waals surface area (Å²) in [5.41, 5.74) is 0.758. The van der Waals surface area contributed by atoms with Crippen LogP contribution in [0.5, 0.6) is 0 Å². The third-order valence-corrected chi connectivity index (χ3v) is 3.49. The van der Waals surface area contributed by atoms with Gasteiger partial charge in [0.15, 0.2) is 0 Å². The normalized spacial score (nSPS) is 16.3. The van der Waals surface area contributed by atoms with Crippen molar-refractivity contribution in [3.63, 3.8) is 0 Å². The van der Waals surface area contributed by atoms with Crippen LogP contribution in [0.15, 0.2) is 24.3 Å². The Labute approximate surface area is 112 Å². The van der Waals surface area contributed by atoms with Crippen LogP contribution in [0.3, 0.4) is 0 Å². The smallest absolute Gasteiger partial charge is 0.269 e. The van der Waals surface area contributed by atoms with Gasteiger partial charge in [0.25, 0.3) is 5.69 Å². The SMILES string of the molecule is O=[N+]([O-])c1ccc(C(O)CNCCCC2CC2)cc1. The number of nitrogens with zero attached hydrogens (tertiary/aromatic N) is 1. The van der Waals surface area contributed by atoms with Crippen molar-refractivity contribution in [3.8, 4) is 0 Å². The topological polar surface area (TPSA) is 75.4 Å². The Morgan fingerprint density at radius 2 is 2.05 bits per heavy atom. The molecule has 5 nitrogen and oxygen atoms in total. The Hall–Kier alpha value is -1.46. The lowest BCUT2D eigenvalue weighted by molar-refractivity contribution is -0.384. The first-order valence-electron chi connectivity index (χ1n) is 6.80. The highest BCUT2D eigenvalue weighted by Crippen LogP contribution is 2.33. The monoisotopic (exact) mass is 264 g/mol. The van der Waals surface area contributed by atoms with E-state index in [4.69, 9.17) is 0 Å². The molecule has 2 N–H and O–H groups in total. The van der Waals surface area contributed by atoms with Crippen molar-refractivity contribution in [2.24, 2.45) is 5.92 Å². The molecular weight excluding hydrogens is 244 g/mol. The van der Waals surface area contributed by atoms with Crippen molar-refractivity contribution in [1.29, 1.82) is 0 Å². The third-order valence-electron chi connectivity index (χ3n) is 3.49. The molecule has 0 bridgehead atoms. The number of hydrogen-bond donors (Lipinski definition) is 2. The predicted octanol–water partition coefficient (Wildman–Crippen LogP) is 2.41. The zero-order valence-electron chi connectivity index (χ0n) is 10.9. The molecule has 1 atom stereocenters. The average molecular weight is 264 g/mol. The van der Waals surface area contributed by atoms with Crippen LogP contribution in [0.4, 0.5) is 5.69 Å². The summed E-state index contributed by atoms with van der Waals surface area (Å²) < 4.78 is 0. The molecule has 1 aromatic carbocycles. The largest absolute Gasteiger partial charge is 0.387 e. The Morgan fingerprint density at radius 1 is 1.37 bits per heavy atom. The van der Waals surface area contributed by atoms with Crippen molar-refractivity contribution in [3.05, 3.63) is 39.9 Å². The molecular formula is C14H20N2O3. The maximum Gasteiger partial charge on any atom is 0.269 e. The average Bonchev–Trinajstić information content (AvgIpc) is 3.22. The van der Waals surface area contributed by atoms with Gasteiger partial charge < -0.3 is 10.4 Å². The second-order valence-corrected chi connectivity index (χ2v) is 5.15. The lowest BCUT2D eigenvalue weighted by Crippen LogP contribution is -2.22. The van der Waals surface area contributed by atoms with Gasteiger partial charge in [-0.3, -0.25) is 10.1 Å². The first-order valence-corrected chi connectivity index (χ1v) is 6.80. The van der Waals surface area contributed by atoms with E-state index in [9.17, 15) is 15.2 Å². The molecule has 0 saturated heterocycles. The van der Waals surface area contributed by atoms with Gasteiger partial charge in [0.1, 0.15) is 0 Å². The van der Waals surface area contributed by atoms with E-state index in [1.165, 1.54) is 31.4 Å². The summed E-state index contributed by atoms with van der Waals surface area (Å²) in [5, 5.41) is 23.7. The molecule has 0 aliphatic heterocycles. The van der Waals surface area contributed by atoms with E-state index < -0.39 is 11.0 Å². The van der Waals surface area contributed by atoms with Crippen LogP contribution in [0, 0.1) is 16.0 Å². The summed E-state index contributed by atoms with van der Waals surface area (Å²) >= 11 is 0. The highest BCUT2D eigenvalue weighted by Gasteiger charge is 2.20. The summed E-state index contributed by atoms with van der Waals surface area (Å²) in [6.07, 6.45) is 4.58. The number of nitro groups is 1. The summed E-state index contributed by atoms with van der Waals surface area (Å²) in [5.74, 6) is 0.946. The highest BCUT2D eigenvalue weighted by molar-refractivity contribution is 5.33. The van der Waals surface area contributed by atoms with Gasteiger partial charge in [-0.2, -0.15) is 0 Å². The van der Waals surface area contributed by atoms with Gasteiger partial charge >= 0.3 is 0 Å². The van der Waals surface area contributed by atoms with Crippen molar-refractivity contribution in [1.82, 2.24) is 5.32 Å². The lowest BCUT2D eigenvalue weighted by atomic mass is 10.1. The number of non-ortho nitro benzene ring substituents is 1. The van der Waals surface area contributed by atoms with Gasteiger partial charge in [-0.25, -0.2) is 0 Å². The van der Waals surface area contributed by atoms with E-state index in [0.717, 1.165) is 18.9 Å². The molecule has 0 aromatic heterocycles. The zero-order chi connectivity index (χ0) is 13.7. The van der Waals surface area contributed by atoms with Crippen molar-refractivity contribution < 1.29 is 10.0 Å². The van der Waals surface area contributed by atoms with Crippen LogP contribution in [0.2, 0.25) is 0 Å². The molecule has 1 saturated carbocycles. The number of aliphatic hydroxyl groups is 1. The second kappa shape index (κ2) is 6.63. The van der Waals surface area contributed by atoms with Crippen molar-refractivity contribution in [2.75, 3.05) is 13.1 Å². The maximum absolute atomic E-state index is 10.5. The number of hydrogen-bond acceptors (Lipinski definition) is 4. The molecule has 5 heteroatoms. The van der Waals surface area contributed by atoms with Crippen LogP contribution < -0.4 is 5.32 Å². The maximum atomic E-state index is 10.5. The van der Waals surface area contributed by atoms with E-state index in [-0.39, 0.29) is 5.69 Å². The quantitative estimate of drug-likeness (QED) is 0.429. The highest BCUT2D eigenvalue weighted by atomic mass is 16.6. The van der Waals surface area contributed by atoms with Gasteiger partial charge in [0.2, 0.25) is 0 Å². The van der Waals surface area contributed by atoms with Crippen LogP contribution in [-0.4, -0.2) is 23.1 Å². The molecule has 1 aromatic rings. The van der Waals surface area contributed by atoms with Crippen LogP contribution in [0.25, 0.3) is 0 Å². The van der Waals surface area contributed by atoms with E-state index in [1.54, 1.807) is 12.1 Å². The molecule has 104 valence electrons. The molecule has 0 spiro atoms. The van der Waals surface area contributed by atoms with Crippen molar-refractivity contribution >= 4 is 5.69 Å². The molecule has 1 unspecified atom stereocenters. The van der Waals surface area contributed by atoms with Crippen LogP contribution in [-0.2, 0) is 0 Å². The Morgan fingerprint density at radius 3 is 2.63 bits per heavy atom. The molecule has 0 radical (unpaired) electrons. The summed E-state index contributed by atoms with van der Waals surface area (Å²) in [4.78, 5) is 10.1. The summed E-state index contributed by atoms with van der Waals surface area (Å²) in [6, 6.07) is 6.06. The summed E-state index contributed by atoms with van der Waals surface area (Å²) in [6.45, 7) is 1.41. The molecule has 0 amide bonds. The van der Waals surface area contributed by atoms with Gasteiger partial charge in [-0.1, -0.05) is 12.8 Å². The number of benzene rings is 1. The standard InChI is InChI=1S/C14H20N2O3/c17-14(10-15-9-1-2-11-3-4-11)12-5-7-13(8-6-12)16(18)19/h5-8,11,14-15,17H,1-4,9-10H2. The number of nitro benzene ring substituents is 1. The van der Waals surface area contributed by atoms with Gasteiger partial charge in [-0.15, -0.1) is 0 Å². The first-order chi connectivity index (χ1) is 9.16. The van der Waals surface area contributed by atoms with Crippen LogP contribution in [0.1, 0.15) is 37.4 Å². The molecule has 19 heavy (non-hydrogen) atoms. The molecule has 0 heterocycles. The Kier molecular flexibility index (Phi) is 4.87. The van der Waals surface area contributed by atoms with E-state index in [1.807, 2.05) is 0 Å². The minimum Gasteiger partial charge on any atom is -0.387 e. The Balaban J connectivity index is 1.69. The number of aliphatic hydroxyl groups excluding tert-OH is 1. The van der Waals surface area contributed by atoms with E-state index in [0.29, 0.717) is 12.1 Å². The third kappa shape index (κ3) is 4.61. The minimum absolute atomic E-state index is 0.0494. The fraction of sp³-hybridized carbons (Fsp3) is 0.571. The number of rotatable bonds is 8. The molecule has 1 aliphatic rings. The second-order valence-electron chi connectivity index (χ2n) is 5.15. The molecule has 1 aliphatic carbocycles. The van der Waals surface area contributed by atoms with Crippen LogP contribution >= 0.6 is 0 Å². The molecule has 2 rings (SSSR count). The summed E-state index contributed by atoms with van der Waals surface area (Å²) in [7, 11) is 0. The fourth-order valence-electron chi connectivity index (χ4n) is 2.10. The van der Waals surface area contributed by atoms with Crippen molar-refractivity contribution in [2.45, 2.75) is 31.8 Å². The lowest BCUT2D eigenvalue weighted by Gasteiger charge is -2.12. The van der Waals surface area contributed by atoms with Gasteiger partial charge in [0.05, 0.1) is 11.0 Å². The molecule has 1 fully saturated rings. The number of nitrogens with one attached hydrogen (secondary N) is 1. The predicted molar refractivity (Wildman–Crippen MR) is 72.9 cm³/mol. The fourth-order valence-corrected chi connectivity index (χ4v) is 2.10. The van der Waals surface area contributed by atoms with Gasteiger partial charge in [0, 0.05) is 18.7 Å². The van der Waals surface area contributed by atoms with E-state index in [2.05, 4.69) is 5.32 Å². The minimum atomic E-state index is -0.610.